The molecule has 0 saturated heterocycles. The molecule has 1 aliphatic carbocycles. The number of nitrogens with zero attached hydrogens (tertiary/aromatic N) is 3. The molecule has 0 unspecified atom stereocenters. The Labute approximate surface area is 109 Å². The number of hydrogen-bond donors (Lipinski definition) is 1. The van der Waals surface area contributed by atoms with Crippen LogP contribution in [0.1, 0.15) is 27.4 Å². The summed E-state index contributed by atoms with van der Waals surface area (Å²) in [5.41, 5.74) is 1.85. The maximum absolute atomic E-state index is 8.92. The standard InChI is InChI=1S/C13H12N4S/c14-7-11-13(16-5-4-15-11)17-8-10-6-9-2-1-3-12(9)18-10/h4-6H,1-3,8H2,(H,16,17). The Balaban J connectivity index is 1.72. The number of nitriles is 1. The molecular formula is C13H12N4S. The second kappa shape index (κ2) is 4.75. The van der Waals surface area contributed by atoms with Crippen molar-refractivity contribution in [2.24, 2.45) is 0 Å². The van der Waals surface area contributed by atoms with E-state index >= 15 is 0 Å². The summed E-state index contributed by atoms with van der Waals surface area (Å²) in [7, 11) is 0. The summed E-state index contributed by atoms with van der Waals surface area (Å²) < 4.78 is 0. The largest absolute Gasteiger partial charge is 0.363 e. The van der Waals surface area contributed by atoms with E-state index in [0.717, 1.165) is 0 Å². The van der Waals surface area contributed by atoms with Crippen molar-refractivity contribution in [3.63, 3.8) is 0 Å². The molecule has 0 radical (unpaired) electrons. The first-order valence-electron chi connectivity index (χ1n) is 5.92. The molecule has 18 heavy (non-hydrogen) atoms. The van der Waals surface area contributed by atoms with E-state index in [2.05, 4.69) is 21.4 Å². The molecule has 0 spiro atoms. The molecule has 0 amide bonds. The zero-order valence-corrected chi connectivity index (χ0v) is 10.6. The predicted octanol–water partition coefficient (Wildman–Crippen LogP) is 2.51. The minimum atomic E-state index is 0.349. The fraction of sp³-hybridized carbons (Fsp3) is 0.308. The zero-order chi connectivity index (χ0) is 12.4. The van der Waals surface area contributed by atoms with E-state index in [1.54, 1.807) is 6.20 Å². The van der Waals surface area contributed by atoms with E-state index in [1.807, 2.05) is 17.4 Å². The lowest BCUT2D eigenvalue weighted by molar-refractivity contribution is 0.913. The highest BCUT2D eigenvalue weighted by Crippen LogP contribution is 2.30. The minimum Gasteiger partial charge on any atom is -0.363 e. The van der Waals surface area contributed by atoms with Crippen molar-refractivity contribution in [2.45, 2.75) is 25.8 Å². The summed E-state index contributed by atoms with van der Waals surface area (Å²) in [6.45, 7) is 0.713. The van der Waals surface area contributed by atoms with Crippen molar-refractivity contribution >= 4 is 17.2 Å². The minimum absolute atomic E-state index is 0.349. The lowest BCUT2D eigenvalue weighted by atomic mass is 10.2. The molecule has 0 fully saturated rings. The van der Waals surface area contributed by atoms with E-state index in [-0.39, 0.29) is 0 Å². The van der Waals surface area contributed by atoms with Gasteiger partial charge in [0.25, 0.3) is 0 Å². The van der Waals surface area contributed by atoms with Crippen molar-refractivity contribution in [1.29, 1.82) is 5.26 Å². The summed E-state index contributed by atoms with van der Waals surface area (Å²) in [4.78, 5) is 10.9. The molecular weight excluding hydrogens is 244 g/mol. The molecule has 0 bridgehead atoms. The number of anilines is 1. The Morgan fingerprint density at radius 3 is 3.06 bits per heavy atom. The van der Waals surface area contributed by atoms with Crippen LogP contribution in [0.4, 0.5) is 5.82 Å². The lowest BCUT2D eigenvalue weighted by Crippen LogP contribution is -2.03. The van der Waals surface area contributed by atoms with Crippen LogP contribution in [0.3, 0.4) is 0 Å². The molecule has 2 aromatic heterocycles. The summed E-state index contributed by atoms with van der Waals surface area (Å²) in [5.74, 6) is 0.563. The summed E-state index contributed by atoms with van der Waals surface area (Å²) in [6, 6.07) is 4.30. The van der Waals surface area contributed by atoms with E-state index in [9.17, 15) is 0 Å². The van der Waals surface area contributed by atoms with Gasteiger partial charge in [-0.25, -0.2) is 9.97 Å². The smallest absolute Gasteiger partial charge is 0.182 e. The van der Waals surface area contributed by atoms with Crippen LogP contribution in [-0.4, -0.2) is 9.97 Å². The zero-order valence-electron chi connectivity index (χ0n) is 9.81. The molecule has 90 valence electrons. The van der Waals surface area contributed by atoms with Crippen molar-refractivity contribution < 1.29 is 0 Å². The van der Waals surface area contributed by atoms with E-state index in [1.165, 1.54) is 40.8 Å². The monoisotopic (exact) mass is 256 g/mol. The molecule has 1 aliphatic rings. The van der Waals surface area contributed by atoms with Crippen molar-refractivity contribution in [2.75, 3.05) is 5.32 Å². The molecule has 0 aliphatic heterocycles. The van der Waals surface area contributed by atoms with Crippen LogP contribution in [0.2, 0.25) is 0 Å². The Bertz CT molecular complexity index is 590. The quantitative estimate of drug-likeness (QED) is 0.916. The van der Waals surface area contributed by atoms with Gasteiger partial charge in [0.2, 0.25) is 0 Å². The third-order valence-corrected chi connectivity index (χ3v) is 4.27. The second-order valence-electron chi connectivity index (χ2n) is 4.23. The molecule has 2 heterocycles. The van der Waals surface area contributed by atoms with Gasteiger partial charge in [-0.3, -0.25) is 0 Å². The third kappa shape index (κ3) is 2.07. The molecule has 0 saturated carbocycles. The first-order valence-corrected chi connectivity index (χ1v) is 6.74. The predicted molar refractivity (Wildman–Crippen MR) is 70.4 cm³/mol. The SMILES string of the molecule is N#Cc1nccnc1NCc1cc2c(s1)CCC2. The van der Waals surface area contributed by atoms with Gasteiger partial charge in [-0.05, 0) is 30.9 Å². The van der Waals surface area contributed by atoms with E-state index in [0.29, 0.717) is 18.1 Å². The van der Waals surface area contributed by atoms with Gasteiger partial charge < -0.3 is 5.32 Å². The second-order valence-corrected chi connectivity index (χ2v) is 5.45. The summed E-state index contributed by atoms with van der Waals surface area (Å²) in [6.07, 6.45) is 6.84. The average molecular weight is 256 g/mol. The van der Waals surface area contributed by atoms with Gasteiger partial charge in [0.1, 0.15) is 6.07 Å². The highest BCUT2D eigenvalue weighted by molar-refractivity contribution is 7.12. The van der Waals surface area contributed by atoms with Crippen LogP contribution in [-0.2, 0) is 19.4 Å². The lowest BCUT2D eigenvalue weighted by Gasteiger charge is -2.04. The van der Waals surface area contributed by atoms with Crippen molar-refractivity contribution in [1.82, 2.24) is 9.97 Å². The normalized spacial score (nSPS) is 13.1. The number of thiophene rings is 1. The van der Waals surface area contributed by atoms with Gasteiger partial charge in [0.05, 0.1) is 6.54 Å². The van der Waals surface area contributed by atoms with Crippen LogP contribution >= 0.6 is 11.3 Å². The van der Waals surface area contributed by atoms with Crippen LogP contribution < -0.4 is 5.32 Å². The number of nitrogens with one attached hydrogen (secondary N) is 1. The first kappa shape index (κ1) is 11.2. The fourth-order valence-electron chi connectivity index (χ4n) is 2.20. The molecule has 5 heteroatoms. The van der Waals surface area contributed by atoms with Crippen molar-refractivity contribution in [3.8, 4) is 6.07 Å². The molecule has 0 aromatic carbocycles. The van der Waals surface area contributed by atoms with Gasteiger partial charge in [0, 0.05) is 22.1 Å². The number of hydrogen-bond acceptors (Lipinski definition) is 5. The molecule has 4 nitrogen and oxygen atoms in total. The molecule has 1 N–H and O–H groups in total. The number of aromatic nitrogens is 2. The summed E-state index contributed by atoms with van der Waals surface area (Å²) >= 11 is 1.86. The van der Waals surface area contributed by atoms with Crippen molar-refractivity contribution in [3.05, 3.63) is 39.5 Å². The third-order valence-electron chi connectivity index (χ3n) is 3.03. The van der Waals surface area contributed by atoms with Crippen LogP contribution in [0, 0.1) is 11.3 Å². The highest BCUT2D eigenvalue weighted by Gasteiger charge is 2.14. The maximum Gasteiger partial charge on any atom is 0.182 e. The van der Waals surface area contributed by atoms with E-state index < -0.39 is 0 Å². The van der Waals surface area contributed by atoms with Gasteiger partial charge in [-0.15, -0.1) is 11.3 Å². The van der Waals surface area contributed by atoms with Gasteiger partial charge in [0.15, 0.2) is 11.5 Å². The Morgan fingerprint density at radius 2 is 2.22 bits per heavy atom. The highest BCUT2D eigenvalue weighted by atomic mass is 32.1. The Morgan fingerprint density at radius 1 is 1.33 bits per heavy atom. The van der Waals surface area contributed by atoms with Crippen LogP contribution in [0.15, 0.2) is 18.5 Å². The number of aryl methyl sites for hydroxylation is 2. The van der Waals surface area contributed by atoms with E-state index in [4.69, 9.17) is 5.26 Å². The first-order chi connectivity index (χ1) is 8.86. The van der Waals surface area contributed by atoms with Crippen LogP contribution in [0.25, 0.3) is 0 Å². The maximum atomic E-state index is 8.92. The molecule has 3 rings (SSSR count). The van der Waals surface area contributed by atoms with Gasteiger partial charge >= 0.3 is 0 Å². The topological polar surface area (TPSA) is 61.6 Å². The number of rotatable bonds is 3. The average Bonchev–Trinajstić information content (AvgIpc) is 2.97. The Hall–Kier alpha value is -1.93. The molecule has 0 atom stereocenters. The van der Waals surface area contributed by atoms with Gasteiger partial charge in [-0.2, -0.15) is 5.26 Å². The van der Waals surface area contributed by atoms with Crippen LogP contribution in [0.5, 0.6) is 0 Å². The fourth-order valence-corrected chi connectivity index (χ4v) is 3.40. The number of fused-ring (bicyclic) bond motifs is 1. The summed E-state index contributed by atoms with van der Waals surface area (Å²) in [5, 5.41) is 12.1. The van der Waals surface area contributed by atoms with Gasteiger partial charge in [-0.1, -0.05) is 0 Å². The molecule has 2 aromatic rings. The Kier molecular flexibility index (Phi) is 2.95.